The first-order chi connectivity index (χ1) is 9.71. The van der Waals surface area contributed by atoms with Gasteiger partial charge in [-0.25, -0.2) is 4.98 Å². The van der Waals surface area contributed by atoms with Gasteiger partial charge in [0.15, 0.2) is 0 Å². The van der Waals surface area contributed by atoms with E-state index in [2.05, 4.69) is 4.98 Å². The van der Waals surface area contributed by atoms with Crippen molar-refractivity contribution in [3.05, 3.63) is 59.4 Å². The highest BCUT2D eigenvalue weighted by molar-refractivity contribution is 5.82. The number of ketones is 1. The summed E-state index contributed by atoms with van der Waals surface area (Å²) in [5.41, 5.74) is 1.90. The lowest BCUT2D eigenvalue weighted by Gasteiger charge is -2.03. The second-order valence-corrected chi connectivity index (χ2v) is 4.37. The van der Waals surface area contributed by atoms with Crippen molar-refractivity contribution in [3.63, 3.8) is 0 Å². The number of benzene rings is 1. The van der Waals surface area contributed by atoms with Crippen molar-refractivity contribution in [2.24, 2.45) is 0 Å². The number of pyridine rings is 1. The minimum atomic E-state index is 0.0674. The highest BCUT2D eigenvalue weighted by atomic mass is 16.5. The van der Waals surface area contributed by atoms with Crippen molar-refractivity contribution in [1.82, 2.24) is 4.98 Å². The Morgan fingerprint density at radius 3 is 2.60 bits per heavy atom. The van der Waals surface area contributed by atoms with E-state index in [4.69, 9.17) is 10.00 Å². The lowest BCUT2D eigenvalue weighted by Crippen LogP contribution is -2.08. The summed E-state index contributed by atoms with van der Waals surface area (Å²) in [6.45, 7) is 0. The van der Waals surface area contributed by atoms with Crippen LogP contribution in [0.3, 0.4) is 0 Å². The van der Waals surface area contributed by atoms with E-state index < -0.39 is 0 Å². The molecular formula is C16H14N2O2. The Kier molecular flexibility index (Phi) is 4.46. The summed E-state index contributed by atoms with van der Waals surface area (Å²) in [6, 6.07) is 14.5. The maximum atomic E-state index is 12.0. The molecule has 0 spiro atoms. The van der Waals surface area contributed by atoms with E-state index in [9.17, 15) is 4.79 Å². The van der Waals surface area contributed by atoms with Gasteiger partial charge < -0.3 is 4.74 Å². The summed E-state index contributed by atoms with van der Waals surface area (Å²) in [5, 5.41) is 8.77. The first kappa shape index (κ1) is 13.8. The maximum Gasteiger partial charge on any atom is 0.143 e. The number of rotatable bonds is 5. The number of Topliss-reactive ketones (excluding diaryl/α,β-unsaturated/α-hetero) is 1. The number of carbonyl (C=O) groups excluding carboxylic acids is 1. The Morgan fingerprint density at radius 2 is 1.95 bits per heavy atom. The molecule has 1 aromatic carbocycles. The van der Waals surface area contributed by atoms with Gasteiger partial charge in [-0.3, -0.25) is 4.79 Å². The smallest absolute Gasteiger partial charge is 0.143 e. The number of nitriles is 1. The zero-order valence-corrected chi connectivity index (χ0v) is 11.2. The number of carbonyl (C=O) groups is 1. The molecule has 0 N–H and O–H groups in total. The molecule has 0 aliphatic heterocycles. The molecule has 0 saturated heterocycles. The van der Waals surface area contributed by atoms with Gasteiger partial charge in [-0.15, -0.1) is 0 Å². The topological polar surface area (TPSA) is 63.0 Å². The molecule has 0 radical (unpaired) electrons. The number of hydrogen-bond acceptors (Lipinski definition) is 4. The predicted molar refractivity (Wildman–Crippen MR) is 74.4 cm³/mol. The zero-order valence-electron chi connectivity index (χ0n) is 11.2. The molecule has 0 bridgehead atoms. The van der Waals surface area contributed by atoms with E-state index in [0.29, 0.717) is 17.8 Å². The van der Waals surface area contributed by atoms with Gasteiger partial charge in [-0.1, -0.05) is 18.2 Å². The van der Waals surface area contributed by atoms with Gasteiger partial charge in [-0.05, 0) is 29.8 Å². The molecule has 2 rings (SSSR count). The summed E-state index contributed by atoms with van der Waals surface area (Å²) >= 11 is 0. The van der Waals surface area contributed by atoms with E-state index in [1.807, 2.05) is 30.3 Å². The molecule has 0 amide bonds. The molecule has 0 fully saturated rings. The minimum Gasteiger partial charge on any atom is -0.497 e. The van der Waals surface area contributed by atoms with Crippen LogP contribution in [0.5, 0.6) is 5.75 Å². The third-order valence-corrected chi connectivity index (χ3v) is 2.86. The van der Waals surface area contributed by atoms with Gasteiger partial charge in [0.25, 0.3) is 0 Å². The molecule has 4 heteroatoms. The number of aromatic nitrogens is 1. The first-order valence-electron chi connectivity index (χ1n) is 6.22. The summed E-state index contributed by atoms with van der Waals surface area (Å²) in [7, 11) is 1.61. The SMILES string of the molecule is COc1ccc(CC(=O)Cc2cccc(C#N)n2)cc1. The van der Waals surface area contributed by atoms with E-state index >= 15 is 0 Å². The molecule has 2 aromatic rings. The van der Waals surface area contributed by atoms with Crippen LogP contribution in [0, 0.1) is 11.3 Å². The maximum absolute atomic E-state index is 12.0. The number of ether oxygens (including phenoxy) is 1. The van der Waals surface area contributed by atoms with E-state index in [1.54, 1.807) is 25.3 Å². The van der Waals surface area contributed by atoms with Gasteiger partial charge >= 0.3 is 0 Å². The molecule has 0 atom stereocenters. The fourth-order valence-electron chi connectivity index (χ4n) is 1.88. The molecule has 1 aromatic heterocycles. The van der Waals surface area contributed by atoms with Crippen LogP contribution in [0.1, 0.15) is 17.0 Å². The van der Waals surface area contributed by atoms with E-state index in [-0.39, 0.29) is 12.2 Å². The fraction of sp³-hybridized carbons (Fsp3) is 0.188. The third kappa shape index (κ3) is 3.66. The van der Waals surface area contributed by atoms with Crippen molar-refractivity contribution < 1.29 is 9.53 Å². The van der Waals surface area contributed by atoms with Crippen molar-refractivity contribution in [1.29, 1.82) is 5.26 Å². The van der Waals surface area contributed by atoms with Crippen LogP contribution >= 0.6 is 0 Å². The summed E-state index contributed by atoms with van der Waals surface area (Å²) in [5.74, 6) is 0.836. The van der Waals surface area contributed by atoms with Crippen LogP contribution in [-0.4, -0.2) is 17.9 Å². The normalized spacial score (nSPS) is 9.80. The van der Waals surface area contributed by atoms with Gasteiger partial charge in [-0.2, -0.15) is 5.26 Å². The van der Waals surface area contributed by atoms with Crippen molar-refractivity contribution in [2.45, 2.75) is 12.8 Å². The van der Waals surface area contributed by atoms with Crippen LogP contribution in [0.25, 0.3) is 0 Å². The van der Waals surface area contributed by atoms with Gasteiger partial charge in [0.1, 0.15) is 23.3 Å². The fourth-order valence-corrected chi connectivity index (χ4v) is 1.88. The largest absolute Gasteiger partial charge is 0.497 e. The standard InChI is InChI=1S/C16H14N2O2/c1-20-16-7-5-12(6-8-16)9-15(19)10-13-3-2-4-14(11-17)18-13/h2-8H,9-10H2,1H3. The number of nitrogens with zero attached hydrogens (tertiary/aromatic N) is 2. The van der Waals surface area contributed by atoms with Crippen molar-refractivity contribution in [3.8, 4) is 11.8 Å². The van der Waals surface area contributed by atoms with Gasteiger partial charge in [0, 0.05) is 18.5 Å². The Hall–Kier alpha value is -2.67. The van der Waals surface area contributed by atoms with Gasteiger partial charge in [0.2, 0.25) is 0 Å². The lowest BCUT2D eigenvalue weighted by atomic mass is 10.1. The van der Waals surface area contributed by atoms with Crippen molar-refractivity contribution >= 4 is 5.78 Å². The number of hydrogen-bond donors (Lipinski definition) is 0. The highest BCUT2D eigenvalue weighted by Gasteiger charge is 2.07. The van der Waals surface area contributed by atoms with Crippen LogP contribution < -0.4 is 4.74 Å². The Morgan fingerprint density at radius 1 is 1.20 bits per heavy atom. The second kappa shape index (κ2) is 6.48. The van der Waals surface area contributed by atoms with Crippen LogP contribution in [0.15, 0.2) is 42.5 Å². The monoisotopic (exact) mass is 266 g/mol. The molecule has 4 nitrogen and oxygen atoms in total. The molecule has 0 saturated carbocycles. The summed E-state index contributed by atoms with van der Waals surface area (Å²) in [6.07, 6.45) is 0.587. The second-order valence-electron chi connectivity index (χ2n) is 4.37. The first-order valence-corrected chi connectivity index (χ1v) is 6.22. The quantitative estimate of drug-likeness (QED) is 0.833. The predicted octanol–water partition coefficient (Wildman–Crippen LogP) is 2.32. The van der Waals surface area contributed by atoms with E-state index in [1.165, 1.54) is 0 Å². The van der Waals surface area contributed by atoms with Crippen LogP contribution in [-0.2, 0) is 17.6 Å². The molecule has 20 heavy (non-hydrogen) atoms. The lowest BCUT2D eigenvalue weighted by molar-refractivity contribution is -0.117. The number of methoxy groups -OCH3 is 1. The summed E-state index contributed by atoms with van der Waals surface area (Å²) < 4.78 is 5.07. The molecule has 1 heterocycles. The van der Waals surface area contributed by atoms with Crippen LogP contribution in [0.2, 0.25) is 0 Å². The van der Waals surface area contributed by atoms with E-state index in [0.717, 1.165) is 11.3 Å². The van der Waals surface area contributed by atoms with Crippen molar-refractivity contribution in [2.75, 3.05) is 7.11 Å². The highest BCUT2D eigenvalue weighted by Crippen LogP contribution is 2.12. The molecule has 0 unspecified atom stereocenters. The zero-order chi connectivity index (χ0) is 14.4. The Labute approximate surface area is 117 Å². The molecular weight excluding hydrogens is 252 g/mol. The average Bonchev–Trinajstić information content (AvgIpc) is 2.48. The molecule has 0 aliphatic rings. The molecule has 100 valence electrons. The Balaban J connectivity index is 1.99. The third-order valence-electron chi connectivity index (χ3n) is 2.86. The Bertz CT molecular complexity index is 642. The molecule has 0 aliphatic carbocycles. The van der Waals surface area contributed by atoms with Gasteiger partial charge in [0.05, 0.1) is 7.11 Å². The average molecular weight is 266 g/mol. The minimum absolute atomic E-state index is 0.0674. The van der Waals surface area contributed by atoms with Crippen LogP contribution in [0.4, 0.5) is 0 Å². The summed E-state index contributed by atoms with van der Waals surface area (Å²) in [4.78, 5) is 16.1.